The fourth-order valence-electron chi connectivity index (χ4n) is 2.16. The van der Waals surface area contributed by atoms with Crippen LogP contribution >= 0.6 is 11.6 Å². The van der Waals surface area contributed by atoms with E-state index in [1.54, 1.807) is 25.1 Å². The highest BCUT2D eigenvalue weighted by Gasteiger charge is 2.11. The minimum atomic E-state index is -0.538. The maximum Gasteiger partial charge on any atom is 0.330 e. The van der Waals surface area contributed by atoms with Gasteiger partial charge in [0.05, 0.1) is 16.6 Å². The third-order valence-electron chi connectivity index (χ3n) is 3.54. The molecule has 0 spiro atoms. The molecule has 0 fully saturated rings. The Balaban J connectivity index is 2.09. The number of nitrogens with zero attached hydrogens (tertiary/aromatic N) is 2. The van der Waals surface area contributed by atoms with E-state index in [-0.39, 0.29) is 11.6 Å². The third kappa shape index (κ3) is 6.07. The van der Waals surface area contributed by atoms with E-state index in [0.717, 1.165) is 24.6 Å². The summed E-state index contributed by atoms with van der Waals surface area (Å²) in [6, 6.07) is 6.13. The summed E-state index contributed by atoms with van der Waals surface area (Å²) in [4.78, 5) is 25.6. The molecule has 1 aromatic heterocycles. The van der Waals surface area contributed by atoms with Crippen molar-refractivity contribution in [2.75, 3.05) is 6.61 Å². The van der Waals surface area contributed by atoms with E-state index in [1.165, 1.54) is 18.2 Å². The molecule has 2 aromatic rings. The molecule has 0 saturated heterocycles. The zero-order chi connectivity index (χ0) is 19.8. The average Bonchev–Trinajstić information content (AvgIpc) is 2.63. The van der Waals surface area contributed by atoms with Crippen LogP contribution < -0.4 is 4.74 Å². The molecule has 7 nitrogen and oxygen atoms in total. The summed E-state index contributed by atoms with van der Waals surface area (Å²) in [7, 11) is 0. The van der Waals surface area contributed by atoms with Gasteiger partial charge in [-0.3, -0.25) is 10.1 Å². The number of rotatable bonds is 8. The van der Waals surface area contributed by atoms with Gasteiger partial charge in [-0.2, -0.15) is 0 Å². The van der Waals surface area contributed by atoms with Crippen LogP contribution in [-0.2, 0) is 9.53 Å². The van der Waals surface area contributed by atoms with E-state index in [2.05, 4.69) is 4.98 Å². The van der Waals surface area contributed by atoms with Gasteiger partial charge in [-0.15, -0.1) is 0 Å². The molecule has 0 radical (unpaired) electrons. The van der Waals surface area contributed by atoms with Gasteiger partial charge >= 0.3 is 5.97 Å². The molecule has 0 atom stereocenters. The molecule has 1 heterocycles. The number of halogens is 1. The monoisotopic (exact) mass is 390 g/mol. The molecule has 0 N–H and O–H groups in total. The number of aromatic nitrogens is 1. The lowest BCUT2D eigenvalue weighted by molar-refractivity contribution is -0.385. The number of unbranched alkanes of at least 4 members (excludes halogenated alkanes) is 1. The molecule has 0 aliphatic carbocycles. The smallest absolute Gasteiger partial charge is 0.330 e. The van der Waals surface area contributed by atoms with E-state index in [9.17, 15) is 14.9 Å². The number of hydrogen-bond donors (Lipinski definition) is 0. The van der Waals surface area contributed by atoms with Crippen molar-refractivity contribution in [2.24, 2.45) is 0 Å². The highest BCUT2D eigenvalue weighted by Crippen LogP contribution is 2.33. The molecule has 1 aromatic carbocycles. The van der Waals surface area contributed by atoms with E-state index in [0.29, 0.717) is 22.9 Å². The summed E-state index contributed by atoms with van der Waals surface area (Å²) >= 11 is 6.27. The van der Waals surface area contributed by atoms with E-state index in [1.807, 2.05) is 6.92 Å². The summed E-state index contributed by atoms with van der Waals surface area (Å²) in [5.74, 6) is 0.168. The molecule has 0 amide bonds. The predicted octanol–water partition coefficient (Wildman–Crippen LogP) is 5.10. The van der Waals surface area contributed by atoms with Crippen molar-refractivity contribution in [3.8, 4) is 11.6 Å². The lowest BCUT2D eigenvalue weighted by Gasteiger charge is -2.10. The lowest BCUT2D eigenvalue weighted by atomic mass is 10.1. The Kier molecular flexibility index (Phi) is 7.31. The second-order valence-electron chi connectivity index (χ2n) is 5.72. The van der Waals surface area contributed by atoms with Crippen LogP contribution in [0.1, 0.15) is 30.9 Å². The van der Waals surface area contributed by atoms with Crippen LogP contribution in [0.2, 0.25) is 5.02 Å². The van der Waals surface area contributed by atoms with Gasteiger partial charge in [0.15, 0.2) is 5.75 Å². The summed E-state index contributed by atoms with van der Waals surface area (Å²) in [5, 5.41) is 11.0. The largest absolute Gasteiger partial charge is 0.463 e. The van der Waals surface area contributed by atoms with Crippen LogP contribution in [0.15, 0.2) is 36.5 Å². The number of aryl methyl sites for hydroxylation is 1. The first-order chi connectivity index (χ1) is 12.9. The predicted molar refractivity (Wildman–Crippen MR) is 102 cm³/mol. The van der Waals surface area contributed by atoms with E-state index >= 15 is 0 Å². The van der Waals surface area contributed by atoms with Gasteiger partial charge in [-0.25, -0.2) is 9.78 Å². The molecule has 0 bridgehead atoms. The Morgan fingerprint density at radius 2 is 2.15 bits per heavy atom. The third-order valence-corrected chi connectivity index (χ3v) is 3.82. The van der Waals surface area contributed by atoms with Crippen molar-refractivity contribution in [3.05, 3.63) is 62.8 Å². The van der Waals surface area contributed by atoms with Gasteiger partial charge < -0.3 is 9.47 Å². The summed E-state index contributed by atoms with van der Waals surface area (Å²) in [6.07, 6.45) is 5.85. The summed E-state index contributed by atoms with van der Waals surface area (Å²) < 4.78 is 10.7. The zero-order valence-electron chi connectivity index (χ0n) is 15.0. The second-order valence-corrected chi connectivity index (χ2v) is 6.12. The van der Waals surface area contributed by atoms with Crippen molar-refractivity contribution in [1.82, 2.24) is 4.98 Å². The van der Waals surface area contributed by atoms with Gasteiger partial charge in [0.1, 0.15) is 6.20 Å². The minimum absolute atomic E-state index is 0.128. The van der Waals surface area contributed by atoms with Gasteiger partial charge in [0.25, 0.3) is 5.69 Å². The zero-order valence-corrected chi connectivity index (χ0v) is 15.7. The van der Waals surface area contributed by atoms with Crippen molar-refractivity contribution < 1.29 is 19.2 Å². The van der Waals surface area contributed by atoms with Crippen LogP contribution in [-0.4, -0.2) is 22.5 Å². The molecular weight excluding hydrogens is 372 g/mol. The Morgan fingerprint density at radius 1 is 1.37 bits per heavy atom. The lowest BCUT2D eigenvalue weighted by Crippen LogP contribution is -2.01. The molecule has 142 valence electrons. The number of hydrogen-bond acceptors (Lipinski definition) is 6. The van der Waals surface area contributed by atoms with Crippen LogP contribution in [0.25, 0.3) is 6.08 Å². The quantitative estimate of drug-likeness (QED) is 0.205. The van der Waals surface area contributed by atoms with Crippen molar-refractivity contribution >= 4 is 29.3 Å². The maximum absolute atomic E-state index is 11.6. The fourth-order valence-corrected chi connectivity index (χ4v) is 2.47. The molecule has 8 heteroatoms. The number of esters is 1. The molecule has 0 aliphatic heterocycles. The van der Waals surface area contributed by atoms with Crippen molar-refractivity contribution in [2.45, 2.75) is 26.7 Å². The molecular formula is C19H19ClN2O5. The Hall–Kier alpha value is -2.93. The second kappa shape index (κ2) is 9.68. The van der Waals surface area contributed by atoms with E-state index in [4.69, 9.17) is 21.1 Å². The topological polar surface area (TPSA) is 91.6 Å². The SMILES string of the molecule is CCCCOC(=O)/C=C/c1cc(C)c(Oc2ccc([N+](=O)[O-])cn2)c(Cl)c1. The number of benzene rings is 1. The van der Waals surface area contributed by atoms with Crippen molar-refractivity contribution in [1.29, 1.82) is 0 Å². The Labute approximate surface area is 161 Å². The molecule has 0 unspecified atom stereocenters. The van der Waals surface area contributed by atoms with Crippen molar-refractivity contribution in [3.63, 3.8) is 0 Å². The molecule has 2 rings (SSSR count). The first-order valence-corrected chi connectivity index (χ1v) is 8.71. The highest BCUT2D eigenvalue weighted by molar-refractivity contribution is 6.32. The first-order valence-electron chi connectivity index (χ1n) is 8.34. The Morgan fingerprint density at radius 3 is 2.74 bits per heavy atom. The van der Waals surface area contributed by atoms with Gasteiger partial charge in [0, 0.05) is 18.2 Å². The van der Waals surface area contributed by atoms with Gasteiger partial charge in [0.2, 0.25) is 5.88 Å². The minimum Gasteiger partial charge on any atom is -0.463 e. The highest BCUT2D eigenvalue weighted by atomic mass is 35.5. The fraction of sp³-hybridized carbons (Fsp3) is 0.263. The number of nitro groups is 1. The normalized spacial score (nSPS) is 10.8. The number of pyridine rings is 1. The number of carbonyl (C=O) groups is 1. The standard InChI is InChI=1S/C19H19ClN2O5/c1-3-4-9-26-18(23)8-5-14-10-13(2)19(16(20)11-14)27-17-7-6-15(12-21-17)22(24)25/h5-8,10-12H,3-4,9H2,1-2H3/b8-5+. The molecule has 0 saturated carbocycles. The summed E-state index contributed by atoms with van der Waals surface area (Å²) in [5.41, 5.74) is 1.31. The first kappa shape index (κ1) is 20.4. The maximum atomic E-state index is 11.6. The number of ether oxygens (including phenoxy) is 2. The molecule has 0 aliphatic rings. The van der Waals surface area contributed by atoms with Crippen LogP contribution in [0.4, 0.5) is 5.69 Å². The van der Waals surface area contributed by atoms with Crippen LogP contribution in [0, 0.1) is 17.0 Å². The summed E-state index contributed by atoms with van der Waals surface area (Å²) in [6.45, 7) is 4.21. The Bertz CT molecular complexity index is 827. The average molecular weight is 391 g/mol. The van der Waals surface area contributed by atoms with E-state index < -0.39 is 10.9 Å². The van der Waals surface area contributed by atoms with Crippen LogP contribution in [0.5, 0.6) is 11.6 Å². The molecule has 27 heavy (non-hydrogen) atoms. The van der Waals surface area contributed by atoms with Crippen LogP contribution in [0.3, 0.4) is 0 Å². The number of carbonyl (C=O) groups excluding carboxylic acids is 1. The van der Waals surface area contributed by atoms with Gasteiger partial charge in [-0.05, 0) is 42.7 Å². The van der Waals surface area contributed by atoms with Gasteiger partial charge in [-0.1, -0.05) is 24.9 Å².